The number of hydrogen-bond donors (Lipinski definition) is 3. The Bertz CT molecular complexity index is 219. The quantitative estimate of drug-likeness (QED) is 0.564. The molecule has 5 nitrogen and oxygen atoms in total. The summed E-state index contributed by atoms with van der Waals surface area (Å²) in [7, 11) is 0. The van der Waals surface area contributed by atoms with Crippen molar-refractivity contribution in [2.24, 2.45) is 11.7 Å². The largest absolute Gasteiger partial charge is 0.355 e. The molecule has 0 radical (unpaired) electrons. The maximum Gasteiger partial charge on any atom is 0.239 e. The first kappa shape index (κ1) is 13.9. The highest BCUT2D eigenvalue weighted by Gasteiger charge is 2.19. The van der Waals surface area contributed by atoms with Crippen molar-refractivity contribution in [2.75, 3.05) is 13.1 Å². The molecule has 0 heterocycles. The van der Waals surface area contributed by atoms with Crippen molar-refractivity contribution >= 4 is 11.8 Å². The second-order valence-electron chi connectivity index (χ2n) is 3.58. The van der Waals surface area contributed by atoms with Crippen LogP contribution < -0.4 is 16.4 Å². The van der Waals surface area contributed by atoms with Gasteiger partial charge in [-0.2, -0.15) is 0 Å². The van der Waals surface area contributed by atoms with Gasteiger partial charge in [0.15, 0.2) is 0 Å². The Morgan fingerprint density at radius 1 is 1.27 bits per heavy atom. The van der Waals surface area contributed by atoms with Crippen LogP contribution in [0.4, 0.5) is 0 Å². The van der Waals surface area contributed by atoms with Crippen molar-refractivity contribution in [3.8, 4) is 0 Å². The number of amides is 2. The lowest BCUT2D eigenvalue weighted by Crippen LogP contribution is -2.47. The van der Waals surface area contributed by atoms with E-state index in [0.29, 0.717) is 6.54 Å². The van der Waals surface area contributed by atoms with E-state index >= 15 is 0 Å². The van der Waals surface area contributed by atoms with Gasteiger partial charge in [-0.3, -0.25) is 9.59 Å². The van der Waals surface area contributed by atoms with Gasteiger partial charge in [0.25, 0.3) is 0 Å². The molecule has 0 bridgehead atoms. The molecule has 0 aromatic rings. The predicted molar refractivity (Wildman–Crippen MR) is 59.1 cm³/mol. The average molecular weight is 215 g/mol. The molecule has 0 rings (SSSR count). The van der Waals surface area contributed by atoms with Crippen molar-refractivity contribution in [1.29, 1.82) is 0 Å². The lowest BCUT2D eigenvalue weighted by molar-refractivity contribution is -0.127. The molecule has 0 aliphatic heterocycles. The second kappa shape index (κ2) is 7.23. The summed E-state index contributed by atoms with van der Waals surface area (Å²) < 4.78 is 0. The molecule has 0 saturated heterocycles. The van der Waals surface area contributed by atoms with Crippen LogP contribution in [0.5, 0.6) is 0 Å². The second-order valence-corrected chi connectivity index (χ2v) is 3.58. The van der Waals surface area contributed by atoms with Crippen molar-refractivity contribution in [3.05, 3.63) is 0 Å². The van der Waals surface area contributed by atoms with Crippen LogP contribution in [0.3, 0.4) is 0 Å². The minimum atomic E-state index is -0.538. The van der Waals surface area contributed by atoms with E-state index in [0.717, 1.165) is 6.42 Å². The van der Waals surface area contributed by atoms with Crippen LogP contribution >= 0.6 is 0 Å². The topological polar surface area (TPSA) is 84.2 Å². The number of likely N-dealkylation sites (N-methyl/N-ethyl adjacent to an activating group) is 1. The zero-order valence-electron chi connectivity index (χ0n) is 9.67. The van der Waals surface area contributed by atoms with Gasteiger partial charge in [0, 0.05) is 6.54 Å². The summed E-state index contributed by atoms with van der Waals surface area (Å²) in [5.41, 5.74) is 5.69. The van der Waals surface area contributed by atoms with Gasteiger partial charge >= 0.3 is 0 Å². The highest BCUT2D eigenvalue weighted by molar-refractivity contribution is 5.87. The summed E-state index contributed by atoms with van der Waals surface area (Å²) in [5.74, 6) is -0.336. The number of nitrogens with two attached hydrogens (primary N) is 1. The van der Waals surface area contributed by atoms with Gasteiger partial charge < -0.3 is 16.4 Å². The van der Waals surface area contributed by atoms with Crippen LogP contribution in [-0.2, 0) is 9.59 Å². The SMILES string of the molecule is CCNC(=O)CNC(=O)C(N)C(C)CC. The first-order valence-corrected chi connectivity index (χ1v) is 5.32. The first-order valence-electron chi connectivity index (χ1n) is 5.32. The van der Waals surface area contributed by atoms with Crippen LogP contribution in [0.25, 0.3) is 0 Å². The molecule has 0 aliphatic rings. The van der Waals surface area contributed by atoms with Gasteiger partial charge in [0.1, 0.15) is 0 Å². The van der Waals surface area contributed by atoms with E-state index in [4.69, 9.17) is 5.73 Å². The van der Waals surface area contributed by atoms with E-state index in [-0.39, 0.29) is 24.3 Å². The molecule has 2 unspecified atom stereocenters. The van der Waals surface area contributed by atoms with Crippen molar-refractivity contribution < 1.29 is 9.59 Å². The van der Waals surface area contributed by atoms with Gasteiger partial charge in [0.2, 0.25) is 11.8 Å². The highest BCUT2D eigenvalue weighted by Crippen LogP contribution is 2.04. The normalized spacial score (nSPS) is 14.1. The molecule has 88 valence electrons. The zero-order valence-corrected chi connectivity index (χ0v) is 9.67. The standard InChI is InChI=1S/C10H21N3O2/c1-4-7(3)9(11)10(15)13-6-8(14)12-5-2/h7,9H,4-6,11H2,1-3H3,(H,12,14)(H,13,15). The number of nitrogens with one attached hydrogen (secondary N) is 2. The summed E-state index contributed by atoms with van der Waals surface area (Å²) in [6.07, 6.45) is 0.843. The molecule has 0 spiro atoms. The third-order valence-electron chi connectivity index (χ3n) is 2.36. The maximum atomic E-state index is 11.4. The minimum absolute atomic E-state index is 0.00317. The summed E-state index contributed by atoms with van der Waals surface area (Å²) in [6, 6.07) is -0.538. The molecule has 0 fully saturated rings. The smallest absolute Gasteiger partial charge is 0.239 e. The molecular formula is C10H21N3O2. The molecule has 2 atom stereocenters. The third kappa shape index (κ3) is 5.37. The predicted octanol–water partition coefficient (Wildman–Crippen LogP) is -0.388. The summed E-state index contributed by atoms with van der Waals surface area (Å²) in [6.45, 7) is 6.27. The molecule has 0 saturated carbocycles. The summed E-state index contributed by atoms with van der Waals surface area (Å²) in [4.78, 5) is 22.5. The Kier molecular flexibility index (Phi) is 6.70. The van der Waals surface area contributed by atoms with Crippen molar-refractivity contribution in [3.63, 3.8) is 0 Å². The molecule has 15 heavy (non-hydrogen) atoms. The average Bonchev–Trinajstić information content (AvgIpc) is 2.24. The zero-order chi connectivity index (χ0) is 11.8. The van der Waals surface area contributed by atoms with Crippen LogP contribution in [0.1, 0.15) is 27.2 Å². The van der Waals surface area contributed by atoms with Crippen LogP contribution in [-0.4, -0.2) is 30.9 Å². The Morgan fingerprint density at radius 3 is 2.33 bits per heavy atom. The van der Waals surface area contributed by atoms with E-state index in [1.54, 1.807) is 0 Å². The van der Waals surface area contributed by atoms with Crippen LogP contribution in [0.2, 0.25) is 0 Å². The molecule has 0 aromatic carbocycles. The molecule has 0 aliphatic carbocycles. The Hall–Kier alpha value is -1.10. The van der Waals surface area contributed by atoms with Gasteiger partial charge in [-0.15, -0.1) is 0 Å². The van der Waals surface area contributed by atoms with E-state index in [1.165, 1.54) is 0 Å². The molecule has 2 amide bonds. The Labute approximate surface area is 90.8 Å². The number of carbonyl (C=O) groups excluding carboxylic acids is 2. The molecule has 4 N–H and O–H groups in total. The Morgan fingerprint density at radius 2 is 1.87 bits per heavy atom. The lowest BCUT2D eigenvalue weighted by atomic mass is 9.99. The first-order chi connectivity index (χ1) is 7.02. The number of hydrogen-bond acceptors (Lipinski definition) is 3. The minimum Gasteiger partial charge on any atom is -0.355 e. The fraction of sp³-hybridized carbons (Fsp3) is 0.800. The van der Waals surface area contributed by atoms with Gasteiger partial charge in [0.05, 0.1) is 12.6 Å². The lowest BCUT2D eigenvalue weighted by Gasteiger charge is -2.17. The molecular weight excluding hydrogens is 194 g/mol. The fourth-order valence-corrected chi connectivity index (χ4v) is 1.06. The van der Waals surface area contributed by atoms with Crippen molar-refractivity contribution in [2.45, 2.75) is 33.2 Å². The van der Waals surface area contributed by atoms with Gasteiger partial charge in [-0.05, 0) is 12.8 Å². The number of rotatable bonds is 6. The van der Waals surface area contributed by atoms with Crippen LogP contribution in [0.15, 0.2) is 0 Å². The number of carbonyl (C=O) groups is 2. The van der Waals surface area contributed by atoms with Gasteiger partial charge in [-0.1, -0.05) is 20.3 Å². The van der Waals surface area contributed by atoms with E-state index in [2.05, 4.69) is 10.6 Å². The fourth-order valence-electron chi connectivity index (χ4n) is 1.06. The summed E-state index contributed by atoms with van der Waals surface area (Å²) >= 11 is 0. The van der Waals surface area contributed by atoms with E-state index in [1.807, 2.05) is 20.8 Å². The highest BCUT2D eigenvalue weighted by atomic mass is 16.2. The van der Waals surface area contributed by atoms with Crippen molar-refractivity contribution in [1.82, 2.24) is 10.6 Å². The maximum absolute atomic E-state index is 11.4. The van der Waals surface area contributed by atoms with E-state index < -0.39 is 6.04 Å². The summed E-state index contributed by atoms with van der Waals surface area (Å²) in [5, 5.41) is 5.09. The monoisotopic (exact) mass is 215 g/mol. The molecule has 0 aromatic heterocycles. The third-order valence-corrected chi connectivity index (χ3v) is 2.36. The van der Waals surface area contributed by atoms with Gasteiger partial charge in [-0.25, -0.2) is 0 Å². The van der Waals surface area contributed by atoms with Crippen LogP contribution in [0, 0.1) is 5.92 Å². The van der Waals surface area contributed by atoms with E-state index in [9.17, 15) is 9.59 Å². The molecule has 5 heteroatoms. The Balaban J connectivity index is 3.88.